The van der Waals surface area contributed by atoms with Crippen molar-refractivity contribution in [3.63, 3.8) is 0 Å². The van der Waals surface area contributed by atoms with E-state index in [0.717, 1.165) is 21.7 Å². The van der Waals surface area contributed by atoms with Crippen molar-refractivity contribution in [2.75, 3.05) is 25.2 Å². The van der Waals surface area contributed by atoms with Crippen LogP contribution in [0.15, 0.2) is 18.2 Å². The first-order valence-corrected chi connectivity index (χ1v) is 7.33. The number of carbonyl (C=O) groups excluding carboxylic acids is 1. The quantitative estimate of drug-likeness (QED) is 0.892. The fraction of sp³-hybridized carbons (Fsp3) is 0.417. The lowest BCUT2D eigenvalue weighted by atomic mass is 10.1. The van der Waals surface area contributed by atoms with Gasteiger partial charge in [0.2, 0.25) is 15.9 Å². The minimum atomic E-state index is -3.33. The maximum Gasteiger partial charge on any atom is 0.239 e. The van der Waals surface area contributed by atoms with Crippen LogP contribution in [0.25, 0.3) is 0 Å². The van der Waals surface area contributed by atoms with Crippen molar-refractivity contribution in [3.05, 3.63) is 29.3 Å². The van der Waals surface area contributed by atoms with Gasteiger partial charge in [-0.25, -0.2) is 8.42 Å². The van der Waals surface area contributed by atoms with E-state index in [4.69, 9.17) is 0 Å². The second-order valence-electron chi connectivity index (χ2n) is 4.39. The van der Waals surface area contributed by atoms with E-state index < -0.39 is 10.0 Å². The van der Waals surface area contributed by atoms with Crippen molar-refractivity contribution in [1.29, 1.82) is 0 Å². The molecule has 0 unspecified atom stereocenters. The summed E-state index contributed by atoms with van der Waals surface area (Å²) in [6.07, 6.45) is 1.07. The fourth-order valence-corrected chi connectivity index (χ4v) is 1.81. The number of nitrogens with zero attached hydrogens (tertiary/aromatic N) is 1. The summed E-state index contributed by atoms with van der Waals surface area (Å²) in [5, 5.41) is 2.70. The van der Waals surface area contributed by atoms with Crippen molar-refractivity contribution in [2.24, 2.45) is 0 Å². The minimum absolute atomic E-state index is 0.188. The molecular weight excluding hydrogens is 252 g/mol. The zero-order valence-electron chi connectivity index (χ0n) is 11.0. The van der Waals surface area contributed by atoms with Gasteiger partial charge >= 0.3 is 0 Å². The Morgan fingerprint density at radius 3 is 2.44 bits per heavy atom. The number of hydrogen-bond acceptors (Lipinski definition) is 3. The summed E-state index contributed by atoms with van der Waals surface area (Å²) in [5.41, 5.74) is 2.76. The summed E-state index contributed by atoms with van der Waals surface area (Å²) in [5.74, 6) is -0.352. The topological polar surface area (TPSA) is 66.5 Å². The van der Waals surface area contributed by atoms with Crippen molar-refractivity contribution in [1.82, 2.24) is 4.31 Å². The molecule has 1 amide bonds. The van der Waals surface area contributed by atoms with Gasteiger partial charge in [0.1, 0.15) is 0 Å². The first-order valence-electron chi connectivity index (χ1n) is 5.48. The Morgan fingerprint density at radius 2 is 1.94 bits per heavy atom. The van der Waals surface area contributed by atoms with Crippen LogP contribution >= 0.6 is 0 Å². The highest BCUT2D eigenvalue weighted by atomic mass is 32.2. The number of benzene rings is 1. The van der Waals surface area contributed by atoms with E-state index in [-0.39, 0.29) is 12.5 Å². The number of likely N-dealkylation sites (N-methyl/N-ethyl adjacent to an activating group) is 1. The van der Waals surface area contributed by atoms with Crippen molar-refractivity contribution < 1.29 is 13.2 Å². The van der Waals surface area contributed by atoms with Gasteiger partial charge in [-0.3, -0.25) is 4.79 Å². The number of amides is 1. The molecule has 1 aromatic carbocycles. The number of aryl methyl sites for hydroxylation is 2. The number of nitrogens with one attached hydrogen (secondary N) is 1. The molecule has 18 heavy (non-hydrogen) atoms. The van der Waals surface area contributed by atoms with Crippen LogP contribution in [0.5, 0.6) is 0 Å². The van der Waals surface area contributed by atoms with Gasteiger partial charge in [0, 0.05) is 12.7 Å². The Labute approximate surface area is 108 Å². The molecule has 6 heteroatoms. The monoisotopic (exact) mass is 270 g/mol. The Hall–Kier alpha value is -1.40. The summed E-state index contributed by atoms with van der Waals surface area (Å²) in [4.78, 5) is 11.7. The van der Waals surface area contributed by atoms with Gasteiger partial charge in [-0.15, -0.1) is 0 Å². The van der Waals surface area contributed by atoms with E-state index in [1.807, 2.05) is 32.0 Å². The number of carbonyl (C=O) groups is 1. The number of rotatable bonds is 4. The molecule has 0 aliphatic carbocycles. The van der Waals surface area contributed by atoms with Gasteiger partial charge in [-0.2, -0.15) is 4.31 Å². The highest BCUT2D eigenvalue weighted by molar-refractivity contribution is 7.88. The van der Waals surface area contributed by atoms with Gasteiger partial charge in [0.05, 0.1) is 12.8 Å². The normalized spacial score (nSPS) is 11.6. The summed E-state index contributed by atoms with van der Waals surface area (Å²) in [7, 11) is -1.96. The molecule has 1 N–H and O–H groups in total. The molecule has 0 saturated heterocycles. The zero-order valence-corrected chi connectivity index (χ0v) is 11.8. The van der Waals surface area contributed by atoms with Gasteiger partial charge in [0.25, 0.3) is 0 Å². The van der Waals surface area contributed by atoms with Crippen molar-refractivity contribution in [2.45, 2.75) is 13.8 Å². The Bertz CT molecular complexity index is 552. The molecule has 0 aromatic heterocycles. The average molecular weight is 270 g/mol. The Morgan fingerprint density at radius 1 is 1.33 bits per heavy atom. The van der Waals surface area contributed by atoms with Crippen LogP contribution in [0.3, 0.4) is 0 Å². The summed E-state index contributed by atoms with van der Waals surface area (Å²) in [6, 6.07) is 5.65. The van der Waals surface area contributed by atoms with E-state index in [2.05, 4.69) is 5.32 Å². The molecule has 0 aliphatic rings. The predicted octanol–water partition coefficient (Wildman–Crippen LogP) is 1.13. The first-order chi connectivity index (χ1) is 8.20. The van der Waals surface area contributed by atoms with Gasteiger partial charge < -0.3 is 5.32 Å². The number of hydrogen-bond donors (Lipinski definition) is 1. The van der Waals surface area contributed by atoms with Crippen molar-refractivity contribution >= 4 is 21.6 Å². The third-order valence-corrected chi connectivity index (χ3v) is 3.85. The molecule has 0 heterocycles. The van der Waals surface area contributed by atoms with Crippen LogP contribution in [0.4, 0.5) is 5.69 Å². The largest absolute Gasteiger partial charge is 0.325 e. The molecule has 0 aliphatic heterocycles. The van der Waals surface area contributed by atoms with Gasteiger partial charge in [-0.05, 0) is 25.5 Å². The molecule has 0 bridgehead atoms. The van der Waals surface area contributed by atoms with Gasteiger partial charge in [-0.1, -0.05) is 17.7 Å². The molecule has 0 spiro atoms. The molecule has 100 valence electrons. The van der Waals surface area contributed by atoms with Gasteiger partial charge in [0.15, 0.2) is 0 Å². The Balaban J connectivity index is 2.71. The van der Waals surface area contributed by atoms with Crippen LogP contribution in [-0.4, -0.2) is 38.5 Å². The third kappa shape index (κ3) is 4.12. The van der Waals surface area contributed by atoms with Crippen LogP contribution in [0.1, 0.15) is 11.1 Å². The molecule has 1 aromatic rings. The summed E-state index contributed by atoms with van der Waals surface area (Å²) in [6.45, 7) is 3.67. The van der Waals surface area contributed by atoms with Crippen LogP contribution in [-0.2, 0) is 14.8 Å². The molecule has 0 fully saturated rings. The maximum atomic E-state index is 11.7. The first kappa shape index (κ1) is 14.7. The highest BCUT2D eigenvalue weighted by Gasteiger charge is 2.15. The highest BCUT2D eigenvalue weighted by Crippen LogP contribution is 2.15. The molecule has 1 rings (SSSR count). The number of sulfonamides is 1. The number of anilines is 1. The van der Waals surface area contributed by atoms with E-state index in [1.165, 1.54) is 7.05 Å². The minimum Gasteiger partial charge on any atom is -0.325 e. The zero-order chi connectivity index (χ0) is 13.9. The lowest BCUT2D eigenvalue weighted by Crippen LogP contribution is -2.34. The predicted molar refractivity (Wildman–Crippen MR) is 72.0 cm³/mol. The van der Waals surface area contributed by atoms with E-state index >= 15 is 0 Å². The third-order valence-electron chi connectivity index (χ3n) is 2.59. The molecule has 5 nitrogen and oxygen atoms in total. The smallest absolute Gasteiger partial charge is 0.239 e. The van der Waals surface area contributed by atoms with E-state index in [0.29, 0.717) is 5.69 Å². The average Bonchev–Trinajstić information content (AvgIpc) is 2.20. The summed E-state index contributed by atoms with van der Waals surface area (Å²) >= 11 is 0. The Kier molecular flexibility index (Phi) is 4.48. The second-order valence-corrected chi connectivity index (χ2v) is 6.47. The fourth-order valence-electron chi connectivity index (χ4n) is 1.46. The maximum absolute atomic E-state index is 11.7. The van der Waals surface area contributed by atoms with Crippen molar-refractivity contribution in [3.8, 4) is 0 Å². The standard InChI is InChI=1S/C12H18N2O3S/c1-9-5-6-11(10(2)7-9)13-12(15)8-14(3)18(4,16)17/h5-7H,8H2,1-4H3,(H,13,15). The lowest BCUT2D eigenvalue weighted by molar-refractivity contribution is -0.116. The van der Waals surface area contributed by atoms with E-state index in [9.17, 15) is 13.2 Å². The van der Waals surface area contributed by atoms with E-state index in [1.54, 1.807) is 0 Å². The lowest BCUT2D eigenvalue weighted by Gasteiger charge is -2.14. The summed E-state index contributed by atoms with van der Waals surface area (Å²) < 4.78 is 23.4. The van der Waals surface area contributed by atoms with Crippen LogP contribution in [0.2, 0.25) is 0 Å². The van der Waals surface area contributed by atoms with Crippen LogP contribution < -0.4 is 5.32 Å². The molecule has 0 atom stereocenters. The molecule has 0 radical (unpaired) electrons. The van der Waals surface area contributed by atoms with Crippen LogP contribution in [0, 0.1) is 13.8 Å². The second kappa shape index (κ2) is 5.49. The SMILES string of the molecule is Cc1ccc(NC(=O)CN(C)S(C)(=O)=O)c(C)c1. The molecule has 0 saturated carbocycles. The molecular formula is C12H18N2O3S.